The topological polar surface area (TPSA) is 86.9 Å². The lowest BCUT2D eigenvalue weighted by atomic mass is 9.53. The zero-order valence-corrected chi connectivity index (χ0v) is 22.8. The normalized spacial score (nSPS) is 25.1. The number of halogens is 2. The van der Waals surface area contributed by atoms with Crippen molar-refractivity contribution in [3.05, 3.63) is 81.8 Å². The van der Waals surface area contributed by atoms with E-state index in [1.807, 2.05) is 36.4 Å². The van der Waals surface area contributed by atoms with Crippen LogP contribution in [0.4, 0.5) is 5.69 Å². The molecule has 0 radical (unpaired) electrons. The number of carbonyl (C=O) groups excluding carboxylic acids is 2. The van der Waals surface area contributed by atoms with Crippen LogP contribution in [0.2, 0.25) is 10.0 Å². The van der Waals surface area contributed by atoms with Gasteiger partial charge in [-0.25, -0.2) is 4.98 Å². The summed E-state index contributed by atoms with van der Waals surface area (Å²) in [5.74, 6) is 2.81. The van der Waals surface area contributed by atoms with Gasteiger partial charge in [0.05, 0.1) is 21.1 Å². The van der Waals surface area contributed by atoms with Crippen LogP contribution in [-0.4, -0.2) is 27.3 Å². The highest BCUT2D eigenvalue weighted by Crippen LogP contribution is 2.55. The number of aromatic nitrogens is 2. The van der Waals surface area contributed by atoms with Crippen molar-refractivity contribution in [1.82, 2.24) is 15.3 Å². The molecule has 6 nitrogen and oxygen atoms in total. The quantitative estimate of drug-likeness (QED) is 0.237. The molecule has 3 aromatic carbocycles. The van der Waals surface area contributed by atoms with Gasteiger partial charge in [-0.15, -0.1) is 0 Å². The van der Waals surface area contributed by atoms with Crippen molar-refractivity contribution in [2.45, 2.75) is 44.1 Å². The Kier molecular flexibility index (Phi) is 5.94. The minimum Gasteiger partial charge on any atom is -0.347 e. The van der Waals surface area contributed by atoms with E-state index in [4.69, 9.17) is 28.2 Å². The molecule has 3 N–H and O–H groups in total. The molecule has 8 rings (SSSR count). The van der Waals surface area contributed by atoms with E-state index in [0.29, 0.717) is 32.7 Å². The molecule has 4 saturated carbocycles. The van der Waals surface area contributed by atoms with Crippen LogP contribution in [0.5, 0.6) is 0 Å². The lowest BCUT2D eigenvalue weighted by Crippen LogP contribution is -2.59. The molecule has 1 aromatic heterocycles. The van der Waals surface area contributed by atoms with Crippen molar-refractivity contribution in [2.75, 3.05) is 5.32 Å². The summed E-state index contributed by atoms with van der Waals surface area (Å²) in [5, 5.41) is 7.06. The van der Waals surface area contributed by atoms with Crippen LogP contribution in [0.1, 0.15) is 59.2 Å². The van der Waals surface area contributed by atoms with Crippen LogP contribution < -0.4 is 10.6 Å². The lowest BCUT2D eigenvalue weighted by molar-refractivity contribution is -0.0167. The minimum absolute atomic E-state index is 0.00378. The number of rotatable bonds is 5. The molecule has 0 aliphatic heterocycles. The number of carbonyl (C=O) groups is 2. The average molecular weight is 559 g/mol. The maximum absolute atomic E-state index is 13.2. The predicted octanol–water partition coefficient (Wildman–Crippen LogP) is 7.49. The molecule has 0 spiro atoms. The average Bonchev–Trinajstić information content (AvgIpc) is 3.33. The van der Waals surface area contributed by atoms with Crippen LogP contribution in [0.15, 0.2) is 60.7 Å². The molecule has 198 valence electrons. The Bertz CT molecular complexity index is 1580. The molecule has 4 aliphatic carbocycles. The number of nitrogens with one attached hydrogen (secondary N) is 3. The molecule has 4 aliphatic rings. The first kappa shape index (κ1) is 24.7. The van der Waals surface area contributed by atoms with Crippen molar-refractivity contribution >= 4 is 51.7 Å². The van der Waals surface area contributed by atoms with Gasteiger partial charge < -0.3 is 15.6 Å². The molecule has 8 heteroatoms. The fourth-order valence-electron chi connectivity index (χ4n) is 7.42. The number of nitrogens with zero attached hydrogens (tertiary/aromatic N) is 1. The fourth-order valence-corrected chi connectivity index (χ4v) is 7.72. The van der Waals surface area contributed by atoms with E-state index in [2.05, 4.69) is 15.6 Å². The summed E-state index contributed by atoms with van der Waals surface area (Å²) in [6.07, 6.45) is 7.47. The number of anilines is 1. The van der Waals surface area contributed by atoms with Crippen LogP contribution in [-0.2, 0) is 0 Å². The Morgan fingerprint density at radius 2 is 1.46 bits per heavy atom. The number of fused-ring (bicyclic) bond motifs is 1. The molecule has 4 bridgehead atoms. The Hall–Kier alpha value is -3.35. The Balaban J connectivity index is 1.05. The van der Waals surface area contributed by atoms with Crippen LogP contribution in [0.3, 0.4) is 0 Å². The Morgan fingerprint density at radius 1 is 0.795 bits per heavy atom. The van der Waals surface area contributed by atoms with E-state index in [1.54, 1.807) is 24.3 Å². The maximum atomic E-state index is 13.2. The van der Waals surface area contributed by atoms with E-state index < -0.39 is 0 Å². The van der Waals surface area contributed by atoms with Gasteiger partial charge in [0, 0.05) is 27.9 Å². The van der Waals surface area contributed by atoms with E-state index >= 15 is 0 Å². The largest absolute Gasteiger partial charge is 0.347 e. The van der Waals surface area contributed by atoms with Crippen molar-refractivity contribution in [2.24, 2.45) is 17.8 Å². The van der Waals surface area contributed by atoms with Gasteiger partial charge in [0.2, 0.25) is 0 Å². The molecule has 39 heavy (non-hydrogen) atoms. The molecule has 0 saturated heterocycles. The lowest BCUT2D eigenvalue weighted by Gasteiger charge is -2.56. The first-order chi connectivity index (χ1) is 18.8. The molecule has 4 fully saturated rings. The highest BCUT2D eigenvalue weighted by Gasteiger charge is 2.51. The van der Waals surface area contributed by atoms with Crippen molar-refractivity contribution < 1.29 is 9.59 Å². The van der Waals surface area contributed by atoms with Gasteiger partial charge in [0.1, 0.15) is 5.82 Å². The number of H-pyrrole nitrogens is 1. The molecule has 0 atom stereocenters. The van der Waals surface area contributed by atoms with Gasteiger partial charge in [-0.2, -0.15) is 0 Å². The monoisotopic (exact) mass is 558 g/mol. The number of imidazole rings is 1. The second kappa shape index (κ2) is 9.39. The van der Waals surface area contributed by atoms with Crippen LogP contribution in [0, 0.1) is 17.8 Å². The summed E-state index contributed by atoms with van der Waals surface area (Å²) in [6.45, 7) is 0. The molecule has 2 amide bonds. The van der Waals surface area contributed by atoms with Gasteiger partial charge in [0.15, 0.2) is 0 Å². The highest BCUT2D eigenvalue weighted by molar-refractivity contribution is 6.42. The fraction of sp³-hybridized carbons (Fsp3) is 0.323. The van der Waals surface area contributed by atoms with E-state index in [0.717, 1.165) is 53.6 Å². The van der Waals surface area contributed by atoms with Crippen LogP contribution in [0.25, 0.3) is 22.4 Å². The minimum atomic E-state index is -0.282. The summed E-state index contributed by atoms with van der Waals surface area (Å²) in [4.78, 5) is 33.9. The van der Waals surface area contributed by atoms with E-state index in [1.165, 1.54) is 19.3 Å². The first-order valence-electron chi connectivity index (χ1n) is 13.5. The highest BCUT2D eigenvalue weighted by atomic mass is 35.5. The summed E-state index contributed by atoms with van der Waals surface area (Å²) < 4.78 is 0. The first-order valence-corrected chi connectivity index (χ1v) is 14.3. The number of hydrogen-bond donors (Lipinski definition) is 3. The second-order valence-electron chi connectivity index (χ2n) is 11.6. The predicted molar refractivity (Wildman–Crippen MR) is 154 cm³/mol. The summed E-state index contributed by atoms with van der Waals surface area (Å²) in [7, 11) is 0. The summed E-state index contributed by atoms with van der Waals surface area (Å²) in [5.41, 5.74) is 4.18. The van der Waals surface area contributed by atoms with Gasteiger partial charge >= 0.3 is 0 Å². The molecule has 1 heterocycles. The van der Waals surface area contributed by atoms with Crippen molar-refractivity contribution in [1.29, 1.82) is 0 Å². The Morgan fingerprint density at radius 3 is 2.13 bits per heavy atom. The standard InChI is InChI=1S/C31H28Cl2N4O2/c32-24-7-5-22(12-25(24)33)29(38)34-23-6-8-26-27(13-23)36-28(35-26)20-1-3-21(4-2-20)30(39)37-31-14-17-9-18(15-31)11-19(10-17)16-31/h1-8,12-13,17-19H,9-11,14-16H2,(H,34,38)(H,35,36)(H,37,39). The smallest absolute Gasteiger partial charge is 0.255 e. The third kappa shape index (κ3) is 4.70. The third-order valence-corrected chi connectivity index (χ3v) is 9.50. The van der Waals surface area contributed by atoms with Gasteiger partial charge in [-0.05, 0) is 105 Å². The molecule has 4 aromatic rings. The van der Waals surface area contributed by atoms with E-state index in [-0.39, 0.29) is 17.4 Å². The van der Waals surface area contributed by atoms with Gasteiger partial charge in [0.25, 0.3) is 11.8 Å². The number of benzene rings is 3. The van der Waals surface area contributed by atoms with Crippen LogP contribution >= 0.6 is 23.2 Å². The number of hydrogen-bond acceptors (Lipinski definition) is 3. The number of aromatic amines is 1. The molecular formula is C31H28Cl2N4O2. The zero-order valence-electron chi connectivity index (χ0n) is 21.3. The van der Waals surface area contributed by atoms with Crippen molar-refractivity contribution in [3.63, 3.8) is 0 Å². The van der Waals surface area contributed by atoms with Gasteiger partial charge in [-0.1, -0.05) is 35.3 Å². The number of amides is 2. The Labute approximate surface area is 236 Å². The van der Waals surface area contributed by atoms with Crippen molar-refractivity contribution in [3.8, 4) is 11.4 Å². The summed E-state index contributed by atoms with van der Waals surface area (Å²) in [6, 6.07) is 17.9. The van der Waals surface area contributed by atoms with Gasteiger partial charge in [-0.3, -0.25) is 9.59 Å². The molecule has 0 unspecified atom stereocenters. The van der Waals surface area contributed by atoms with E-state index in [9.17, 15) is 9.59 Å². The summed E-state index contributed by atoms with van der Waals surface area (Å²) >= 11 is 12.0. The second-order valence-corrected chi connectivity index (χ2v) is 12.4. The zero-order chi connectivity index (χ0) is 26.7. The third-order valence-electron chi connectivity index (χ3n) is 8.76. The maximum Gasteiger partial charge on any atom is 0.255 e. The SMILES string of the molecule is O=C(Nc1ccc2nc(-c3ccc(C(=O)NC45CC6CC(CC(C6)C4)C5)cc3)[nH]c2c1)c1ccc(Cl)c(Cl)c1. The molecular weight excluding hydrogens is 531 g/mol.